The van der Waals surface area contributed by atoms with Crippen LogP contribution in [0.25, 0.3) is 0 Å². The van der Waals surface area contributed by atoms with Crippen molar-refractivity contribution in [3.05, 3.63) is 29.3 Å². The Morgan fingerprint density at radius 1 is 1.22 bits per heavy atom. The van der Waals surface area contributed by atoms with Crippen LogP contribution >= 0.6 is 0 Å². The van der Waals surface area contributed by atoms with E-state index in [-0.39, 0.29) is 6.10 Å². The van der Waals surface area contributed by atoms with Gasteiger partial charge in [0.15, 0.2) is 0 Å². The number of aliphatic hydroxyl groups is 1. The number of ether oxygens (including phenoxy) is 1. The van der Waals surface area contributed by atoms with Crippen molar-refractivity contribution in [2.45, 2.75) is 32.8 Å². The minimum Gasteiger partial charge on any atom is -0.490 e. The lowest BCUT2D eigenvalue weighted by atomic mass is 10.1. The van der Waals surface area contributed by atoms with Crippen LogP contribution in [0.4, 0.5) is 0 Å². The molecule has 2 rings (SSSR count). The van der Waals surface area contributed by atoms with Crippen molar-refractivity contribution in [3.63, 3.8) is 0 Å². The number of hydrogen-bond donors (Lipinski definition) is 2. The molecule has 0 radical (unpaired) electrons. The summed E-state index contributed by atoms with van der Waals surface area (Å²) in [4.78, 5) is 1.51. The quantitative estimate of drug-likeness (QED) is 0.807. The summed E-state index contributed by atoms with van der Waals surface area (Å²) in [5.74, 6) is 0.924. The van der Waals surface area contributed by atoms with Gasteiger partial charge in [0.2, 0.25) is 0 Å². The van der Waals surface area contributed by atoms with Gasteiger partial charge in [0.25, 0.3) is 0 Å². The summed E-state index contributed by atoms with van der Waals surface area (Å²) in [5.41, 5.74) is 2.27. The second-order valence-electron chi connectivity index (χ2n) is 5.35. The molecule has 1 atom stereocenters. The summed E-state index contributed by atoms with van der Waals surface area (Å²) >= 11 is 0. The smallest absolute Gasteiger partial charge is 0.137 e. The molecule has 0 saturated carbocycles. The van der Waals surface area contributed by atoms with Gasteiger partial charge in [-0.15, -0.1) is 0 Å². The van der Waals surface area contributed by atoms with Crippen LogP contribution in [-0.4, -0.2) is 37.5 Å². The number of likely N-dealkylation sites (tertiary alicyclic amines) is 1. The third-order valence-electron chi connectivity index (χ3n) is 3.66. The summed E-state index contributed by atoms with van der Waals surface area (Å²) in [6, 6.07) is 6.11. The highest BCUT2D eigenvalue weighted by atomic mass is 16.5. The maximum absolute atomic E-state index is 10.0. The van der Waals surface area contributed by atoms with Crippen LogP contribution in [0.15, 0.2) is 18.2 Å². The lowest BCUT2D eigenvalue weighted by Crippen LogP contribution is -3.11. The number of nitrogens with one attached hydrogen (secondary N) is 1. The van der Waals surface area contributed by atoms with E-state index in [1.54, 1.807) is 0 Å². The molecule has 100 valence electrons. The van der Waals surface area contributed by atoms with Gasteiger partial charge in [0, 0.05) is 12.8 Å². The number of aliphatic hydroxyl groups excluding tert-OH is 1. The number of benzene rings is 1. The van der Waals surface area contributed by atoms with E-state index in [0.29, 0.717) is 6.61 Å². The van der Waals surface area contributed by atoms with E-state index in [2.05, 4.69) is 0 Å². The molecule has 1 aromatic rings. The molecule has 0 bridgehead atoms. The molecule has 0 aliphatic carbocycles. The fourth-order valence-electron chi connectivity index (χ4n) is 2.68. The average Bonchev–Trinajstić information content (AvgIpc) is 2.81. The first kappa shape index (κ1) is 13.4. The number of hydrogen-bond acceptors (Lipinski definition) is 2. The van der Waals surface area contributed by atoms with Gasteiger partial charge >= 0.3 is 0 Å². The Hall–Kier alpha value is -1.06. The molecule has 0 spiro atoms. The Balaban J connectivity index is 1.83. The predicted octanol–water partition coefficient (Wildman–Crippen LogP) is 0.722. The summed E-state index contributed by atoms with van der Waals surface area (Å²) in [5, 5.41) is 10.0. The molecular weight excluding hydrogens is 226 g/mol. The van der Waals surface area contributed by atoms with Crippen LogP contribution in [0.2, 0.25) is 0 Å². The fraction of sp³-hybridized carbons (Fsp3) is 0.600. The second kappa shape index (κ2) is 6.21. The van der Waals surface area contributed by atoms with Gasteiger partial charge in [-0.3, -0.25) is 0 Å². The van der Waals surface area contributed by atoms with Crippen molar-refractivity contribution in [3.8, 4) is 5.75 Å². The van der Waals surface area contributed by atoms with Crippen LogP contribution in [0.3, 0.4) is 0 Å². The molecule has 0 amide bonds. The molecule has 1 aliphatic rings. The van der Waals surface area contributed by atoms with E-state index in [9.17, 15) is 5.11 Å². The predicted molar refractivity (Wildman–Crippen MR) is 72.2 cm³/mol. The molecule has 1 fully saturated rings. The molecular formula is C15H24NO2+. The zero-order valence-electron chi connectivity index (χ0n) is 11.4. The lowest BCUT2D eigenvalue weighted by molar-refractivity contribution is -0.890. The monoisotopic (exact) mass is 250 g/mol. The highest BCUT2D eigenvalue weighted by Crippen LogP contribution is 2.22. The normalized spacial score (nSPS) is 17.9. The van der Waals surface area contributed by atoms with Crippen LogP contribution in [0, 0.1) is 13.8 Å². The average molecular weight is 250 g/mol. The number of para-hydroxylation sites is 1. The summed E-state index contributed by atoms with van der Waals surface area (Å²) < 4.78 is 5.78. The molecule has 0 unspecified atom stereocenters. The molecule has 3 nitrogen and oxygen atoms in total. The second-order valence-corrected chi connectivity index (χ2v) is 5.35. The summed E-state index contributed by atoms with van der Waals surface area (Å²) in [6.45, 7) is 7.68. The highest BCUT2D eigenvalue weighted by Gasteiger charge is 2.19. The minimum atomic E-state index is -0.364. The Labute approximate surface area is 109 Å². The molecule has 1 aromatic carbocycles. The van der Waals surface area contributed by atoms with Gasteiger partial charge in [-0.2, -0.15) is 0 Å². The van der Waals surface area contributed by atoms with Gasteiger partial charge in [0.05, 0.1) is 13.1 Å². The summed E-state index contributed by atoms with van der Waals surface area (Å²) in [6.07, 6.45) is 2.22. The van der Waals surface area contributed by atoms with Crippen molar-refractivity contribution in [1.82, 2.24) is 0 Å². The molecule has 3 heteroatoms. The van der Waals surface area contributed by atoms with E-state index >= 15 is 0 Å². The van der Waals surface area contributed by atoms with Gasteiger partial charge < -0.3 is 14.7 Å². The van der Waals surface area contributed by atoms with Gasteiger partial charge in [-0.1, -0.05) is 18.2 Å². The van der Waals surface area contributed by atoms with E-state index in [4.69, 9.17) is 4.74 Å². The van der Waals surface area contributed by atoms with Crippen molar-refractivity contribution < 1.29 is 14.7 Å². The standard InChI is InChI=1S/C15H23NO2/c1-12-6-5-7-13(2)15(12)18-11-14(17)10-16-8-3-4-9-16/h5-7,14,17H,3-4,8-11H2,1-2H3/p+1/t14-/m1/s1. The van der Waals surface area contributed by atoms with Crippen molar-refractivity contribution in [2.75, 3.05) is 26.2 Å². The van der Waals surface area contributed by atoms with Crippen molar-refractivity contribution in [2.24, 2.45) is 0 Å². The molecule has 1 heterocycles. The SMILES string of the molecule is Cc1cccc(C)c1OC[C@H](O)C[NH+]1CCCC1. The summed E-state index contributed by atoms with van der Waals surface area (Å²) in [7, 11) is 0. The number of rotatable bonds is 5. The highest BCUT2D eigenvalue weighted by molar-refractivity contribution is 5.39. The van der Waals surface area contributed by atoms with Gasteiger partial charge in [-0.05, 0) is 25.0 Å². The number of aryl methyl sites for hydroxylation is 2. The fourth-order valence-corrected chi connectivity index (χ4v) is 2.68. The lowest BCUT2D eigenvalue weighted by Gasteiger charge is -2.18. The third-order valence-corrected chi connectivity index (χ3v) is 3.66. The molecule has 2 N–H and O–H groups in total. The molecule has 0 aromatic heterocycles. The van der Waals surface area contributed by atoms with E-state index in [1.165, 1.54) is 30.8 Å². The molecule has 18 heavy (non-hydrogen) atoms. The number of quaternary nitrogens is 1. The van der Waals surface area contributed by atoms with Crippen LogP contribution in [0.1, 0.15) is 24.0 Å². The third kappa shape index (κ3) is 3.47. The van der Waals surface area contributed by atoms with Crippen LogP contribution in [0.5, 0.6) is 5.75 Å². The van der Waals surface area contributed by atoms with Crippen LogP contribution < -0.4 is 9.64 Å². The zero-order chi connectivity index (χ0) is 13.0. The van der Waals surface area contributed by atoms with Gasteiger partial charge in [-0.25, -0.2) is 0 Å². The van der Waals surface area contributed by atoms with E-state index < -0.39 is 0 Å². The largest absolute Gasteiger partial charge is 0.490 e. The van der Waals surface area contributed by atoms with E-state index in [0.717, 1.165) is 23.4 Å². The topological polar surface area (TPSA) is 33.9 Å². The Morgan fingerprint density at radius 2 is 1.83 bits per heavy atom. The minimum absolute atomic E-state index is 0.364. The van der Waals surface area contributed by atoms with Crippen molar-refractivity contribution >= 4 is 0 Å². The Bertz CT molecular complexity index is 366. The first-order valence-corrected chi connectivity index (χ1v) is 6.87. The Morgan fingerprint density at radius 3 is 2.44 bits per heavy atom. The van der Waals surface area contributed by atoms with Crippen LogP contribution in [-0.2, 0) is 0 Å². The first-order valence-electron chi connectivity index (χ1n) is 6.87. The van der Waals surface area contributed by atoms with Crippen molar-refractivity contribution in [1.29, 1.82) is 0 Å². The first-order chi connectivity index (χ1) is 8.66. The maximum Gasteiger partial charge on any atom is 0.137 e. The Kier molecular flexibility index (Phi) is 4.61. The molecule has 1 saturated heterocycles. The molecule has 1 aliphatic heterocycles. The zero-order valence-corrected chi connectivity index (χ0v) is 11.4. The van der Waals surface area contributed by atoms with Gasteiger partial charge in [0.1, 0.15) is 25.0 Å². The maximum atomic E-state index is 10.0. The van der Waals surface area contributed by atoms with E-state index in [1.807, 2.05) is 32.0 Å².